The molecule has 0 fully saturated rings. The molecule has 3 rings (SSSR count). The number of nitrogens with two attached hydrogens (primary N) is 1. The third kappa shape index (κ3) is 2.06. The lowest BCUT2D eigenvalue weighted by atomic mass is 10.1. The van der Waals surface area contributed by atoms with E-state index in [2.05, 4.69) is 11.4 Å². The minimum absolute atomic E-state index is 0.0624. The summed E-state index contributed by atoms with van der Waals surface area (Å²) in [5.74, 6) is 0.898. The molecule has 2 aromatic rings. The Morgan fingerprint density at radius 3 is 2.95 bits per heavy atom. The van der Waals surface area contributed by atoms with E-state index in [0.717, 1.165) is 17.0 Å². The van der Waals surface area contributed by atoms with Crippen molar-refractivity contribution in [3.05, 3.63) is 53.6 Å². The molecule has 1 atom stereocenters. The first-order valence-electron chi connectivity index (χ1n) is 6.06. The van der Waals surface area contributed by atoms with Gasteiger partial charge in [-0.1, -0.05) is 18.2 Å². The molecule has 19 heavy (non-hydrogen) atoms. The highest BCUT2D eigenvalue weighted by atomic mass is 16.5. The fourth-order valence-electron chi connectivity index (χ4n) is 2.22. The van der Waals surface area contributed by atoms with Crippen LogP contribution in [-0.2, 0) is 0 Å². The largest absolute Gasteiger partial charge is 0.491 e. The monoisotopic (exact) mass is 251 g/mol. The van der Waals surface area contributed by atoms with Crippen molar-refractivity contribution in [1.29, 1.82) is 5.26 Å². The summed E-state index contributed by atoms with van der Waals surface area (Å²) in [6.45, 7) is 0.565. The van der Waals surface area contributed by atoms with Gasteiger partial charge in [-0.2, -0.15) is 5.26 Å². The summed E-state index contributed by atoms with van der Waals surface area (Å²) in [6, 6.07) is 15.3. The molecule has 0 spiro atoms. The van der Waals surface area contributed by atoms with E-state index in [-0.39, 0.29) is 6.04 Å². The number of hydrogen-bond acceptors (Lipinski definition) is 4. The summed E-state index contributed by atoms with van der Waals surface area (Å²) in [6.07, 6.45) is 0. The molecule has 1 heterocycles. The first-order valence-corrected chi connectivity index (χ1v) is 6.06. The highest BCUT2D eigenvalue weighted by Crippen LogP contribution is 2.35. The zero-order valence-corrected chi connectivity index (χ0v) is 10.3. The van der Waals surface area contributed by atoms with Gasteiger partial charge in [-0.05, 0) is 24.3 Å². The Morgan fingerprint density at radius 1 is 1.26 bits per heavy atom. The third-order valence-corrected chi connectivity index (χ3v) is 3.21. The van der Waals surface area contributed by atoms with Crippen LogP contribution < -0.4 is 15.8 Å². The van der Waals surface area contributed by atoms with Gasteiger partial charge in [0.2, 0.25) is 0 Å². The number of nitrogen functional groups attached to an aromatic ring is 1. The molecular formula is C15H13N3O. The van der Waals surface area contributed by atoms with Gasteiger partial charge in [0.05, 0.1) is 29.0 Å². The summed E-state index contributed by atoms with van der Waals surface area (Å²) in [5, 5.41) is 12.3. The van der Waals surface area contributed by atoms with Crippen LogP contribution in [0.4, 0.5) is 11.4 Å². The van der Waals surface area contributed by atoms with Crippen LogP contribution in [0.1, 0.15) is 17.2 Å². The molecule has 1 aliphatic rings. The van der Waals surface area contributed by atoms with Crippen molar-refractivity contribution < 1.29 is 4.74 Å². The Labute approximate surface area is 111 Å². The Balaban J connectivity index is 1.89. The van der Waals surface area contributed by atoms with Crippen LogP contribution in [0, 0.1) is 11.3 Å². The number of nitriles is 1. The lowest BCUT2D eigenvalue weighted by Crippen LogP contribution is -2.13. The van der Waals surface area contributed by atoms with Crippen molar-refractivity contribution in [3.63, 3.8) is 0 Å². The normalized spacial score (nSPS) is 16.3. The van der Waals surface area contributed by atoms with Crippen molar-refractivity contribution in [2.75, 3.05) is 17.7 Å². The molecule has 2 aromatic carbocycles. The number of para-hydroxylation sites is 1. The smallest absolute Gasteiger partial charge is 0.124 e. The molecule has 4 heteroatoms. The second kappa shape index (κ2) is 4.54. The second-order valence-electron chi connectivity index (χ2n) is 4.46. The van der Waals surface area contributed by atoms with Gasteiger partial charge in [0.15, 0.2) is 0 Å². The van der Waals surface area contributed by atoms with Crippen LogP contribution in [-0.4, -0.2) is 6.61 Å². The maximum absolute atomic E-state index is 8.93. The Morgan fingerprint density at radius 2 is 2.11 bits per heavy atom. The molecule has 94 valence electrons. The standard InChI is InChI=1S/C15H13N3O/c16-8-10-5-6-12(17)13(7-10)18-14-9-19-15-4-2-1-3-11(14)15/h1-7,14,18H,9,17H2. The summed E-state index contributed by atoms with van der Waals surface area (Å²) >= 11 is 0. The maximum atomic E-state index is 8.93. The molecule has 1 aliphatic heterocycles. The molecule has 0 bridgehead atoms. The van der Waals surface area contributed by atoms with Crippen LogP contribution in [0.3, 0.4) is 0 Å². The van der Waals surface area contributed by atoms with Crippen LogP contribution in [0.5, 0.6) is 5.75 Å². The summed E-state index contributed by atoms with van der Waals surface area (Å²) < 4.78 is 5.61. The van der Waals surface area contributed by atoms with Gasteiger partial charge in [-0.3, -0.25) is 0 Å². The highest BCUT2D eigenvalue weighted by Gasteiger charge is 2.23. The molecule has 1 unspecified atom stereocenters. The molecule has 3 N–H and O–H groups in total. The Hall–Kier alpha value is -2.67. The van der Waals surface area contributed by atoms with E-state index in [1.165, 1.54) is 0 Å². The number of rotatable bonds is 2. The first-order chi connectivity index (χ1) is 9.28. The van der Waals surface area contributed by atoms with Crippen molar-refractivity contribution in [2.24, 2.45) is 0 Å². The number of ether oxygens (including phenoxy) is 1. The van der Waals surface area contributed by atoms with E-state index >= 15 is 0 Å². The zero-order chi connectivity index (χ0) is 13.2. The molecular weight excluding hydrogens is 238 g/mol. The molecule has 0 amide bonds. The number of benzene rings is 2. The van der Waals surface area contributed by atoms with Gasteiger partial charge in [0, 0.05) is 5.56 Å². The van der Waals surface area contributed by atoms with E-state index < -0.39 is 0 Å². The molecule has 0 aromatic heterocycles. The zero-order valence-electron chi connectivity index (χ0n) is 10.3. The van der Waals surface area contributed by atoms with Crippen molar-refractivity contribution in [1.82, 2.24) is 0 Å². The molecule has 0 saturated carbocycles. The molecule has 0 aliphatic carbocycles. The topological polar surface area (TPSA) is 71.1 Å². The van der Waals surface area contributed by atoms with Crippen LogP contribution >= 0.6 is 0 Å². The minimum atomic E-state index is 0.0624. The predicted molar refractivity (Wildman–Crippen MR) is 73.9 cm³/mol. The van der Waals surface area contributed by atoms with E-state index in [1.807, 2.05) is 24.3 Å². The van der Waals surface area contributed by atoms with E-state index in [9.17, 15) is 0 Å². The minimum Gasteiger partial charge on any atom is -0.491 e. The fourth-order valence-corrected chi connectivity index (χ4v) is 2.22. The fraction of sp³-hybridized carbons (Fsp3) is 0.133. The van der Waals surface area contributed by atoms with Crippen LogP contribution in [0.2, 0.25) is 0 Å². The average Bonchev–Trinajstić information content (AvgIpc) is 2.85. The van der Waals surface area contributed by atoms with E-state index in [0.29, 0.717) is 17.9 Å². The van der Waals surface area contributed by atoms with E-state index in [4.69, 9.17) is 15.7 Å². The van der Waals surface area contributed by atoms with Gasteiger partial charge in [-0.15, -0.1) is 0 Å². The number of anilines is 2. The maximum Gasteiger partial charge on any atom is 0.124 e. The SMILES string of the molecule is N#Cc1ccc(N)c(NC2COc3ccccc32)c1. The Kier molecular flexibility index (Phi) is 2.73. The summed E-state index contributed by atoms with van der Waals surface area (Å²) in [4.78, 5) is 0. The third-order valence-electron chi connectivity index (χ3n) is 3.21. The Bertz CT molecular complexity index is 661. The number of nitrogens with one attached hydrogen (secondary N) is 1. The molecule has 0 radical (unpaired) electrons. The molecule has 4 nitrogen and oxygen atoms in total. The van der Waals surface area contributed by atoms with Gasteiger partial charge >= 0.3 is 0 Å². The van der Waals surface area contributed by atoms with Gasteiger partial charge in [-0.25, -0.2) is 0 Å². The van der Waals surface area contributed by atoms with Crippen molar-refractivity contribution in [2.45, 2.75) is 6.04 Å². The first kappa shape index (κ1) is 11.4. The average molecular weight is 251 g/mol. The lowest BCUT2D eigenvalue weighted by molar-refractivity contribution is 0.340. The molecule has 0 saturated heterocycles. The van der Waals surface area contributed by atoms with E-state index in [1.54, 1.807) is 18.2 Å². The van der Waals surface area contributed by atoms with Crippen molar-refractivity contribution >= 4 is 11.4 Å². The predicted octanol–water partition coefficient (Wildman–Crippen LogP) is 2.69. The lowest BCUT2D eigenvalue weighted by Gasteiger charge is -2.15. The number of hydrogen-bond donors (Lipinski definition) is 2. The quantitative estimate of drug-likeness (QED) is 0.805. The van der Waals surface area contributed by atoms with Crippen molar-refractivity contribution in [3.8, 4) is 11.8 Å². The summed E-state index contributed by atoms with van der Waals surface area (Å²) in [5.41, 5.74) is 9.03. The number of fused-ring (bicyclic) bond motifs is 1. The van der Waals surface area contributed by atoms with Gasteiger partial charge < -0.3 is 15.8 Å². The van der Waals surface area contributed by atoms with Gasteiger partial charge in [0.25, 0.3) is 0 Å². The van der Waals surface area contributed by atoms with Crippen LogP contribution in [0.25, 0.3) is 0 Å². The van der Waals surface area contributed by atoms with Gasteiger partial charge in [0.1, 0.15) is 12.4 Å². The second-order valence-corrected chi connectivity index (χ2v) is 4.46. The highest BCUT2D eigenvalue weighted by molar-refractivity contribution is 5.69. The summed E-state index contributed by atoms with van der Waals surface area (Å²) in [7, 11) is 0. The number of nitrogens with zero attached hydrogens (tertiary/aromatic N) is 1. The van der Waals surface area contributed by atoms with Crippen LogP contribution in [0.15, 0.2) is 42.5 Å².